The van der Waals surface area contributed by atoms with Gasteiger partial charge in [0.2, 0.25) is 5.91 Å². The molecule has 0 radical (unpaired) electrons. The van der Waals surface area contributed by atoms with Gasteiger partial charge in [-0.1, -0.05) is 25.7 Å². The highest BCUT2D eigenvalue weighted by molar-refractivity contribution is 9.10. The second-order valence-electron chi connectivity index (χ2n) is 5.19. The average molecular weight is 326 g/mol. The van der Waals surface area contributed by atoms with E-state index in [4.69, 9.17) is 5.73 Å². The van der Waals surface area contributed by atoms with E-state index in [0.29, 0.717) is 12.4 Å². The summed E-state index contributed by atoms with van der Waals surface area (Å²) in [6.07, 6.45) is 7.97. The molecule has 0 saturated heterocycles. The molecule has 4 nitrogen and oxygen atoms in total. The standard InChI is InChI=1S/C14H20BrN3O/c15-11-6-5-9-17-12(11)18-13(19)14(10-16)7-3-1-2-4-8-14/h5-6,9H,1-4,7-8,10,16H2,(H,17,18,19). The number of nitrogens with one attached hydrogen (secondary N) is 1. The fraction of sp³-hybridized carbons (Fsp3) is 0.571. The lowest BCUT2D eigenvalue weighted by molar-refractivity contribution is -0.125. The first kappa shape index (κ1) is 14.5. The molecule has 0 atom stereocenters. The van der Waals surface area contributed by atoms with Crippen molar-refractivity contribution < 1.29 is 4.79 Å². The molecular weight excluding hydrogens is 306 g/mol. The number of aromatic nitrogens is 1. The second-order valence-corrected chi connectivity index (χ2v) is 6.04. The molecular formula is C14H20BrN3O. The Hall–Kier alpha value is -0.940. The Bertz CT molecular complexity index is 442. The van der Waals surface area contributed by atoms with E-state index in [0.717, 1.165) is 30.2 Å². The van der Waals surface area contributed by atoms with E-state index >= 15 is 0 Å². The van der Waals surface area contributed by atoms with Gasteiger partial charge in [-0.2, -0.15) is 0 Å². The van der Waals surface area contributed by atoms with Gasteiger partial charge in [-0.05, 0) is 40.9 Å². The lowest BCUT2D eigenvalue weighted by Gasteiger charge is -2.29. The van der Waals surface area contributed by atoms with Gasteiger partial charge in [0, 0.05) is 12.7 Å². The summed E-state index contributed by atoms with van der Waals surface area (Å²) >= 11 is 3.40. The Morgan fingerprint density at radius 1 is 1.37 bits per heavy atom. The minimum atomic E-state index is -0.423. The third-order valence-electron chi connectivity index (χ3n) is 3.92. The van der Waals surface area contributed by atoms with Gasteiger partial charge in [0.25, 0.3) is 0 Å². The molecule has 104 valence electrons. The highest BCUT2D eigenvalue weighted by Gasteiger charge is 2.37. The van der Waals surface area contributed by atoms with E-state index in [2.05, 4.69) is 26.2 Å². The highest BCUT2D eigenvalue weighted by atomic mass is 79.9. The predicted octanol–water partition coefficient (Wildman–Crippen LogP) is 3.08. The fourth-order valence-corrected chi connectivity index (χ4v) is 3.00. The summed E-state index contributed by atoms with van der Waals surface area (Å²) < 4.78 is 0.796. The van der Waals surface area contributed by atoms with Crippen LogP contribution < -0.4 is 11.1 Å². The minimum Gasteiger partial charge on any atom is -0.329 e. The molecule has 1 aromatic rings. The first-order valence-corrected chi connectivity index (χ1v) is 7.59. The number of pyridine rings is 1. The van der Waals surface area contributed by atoms with Crippen LogP contribution in [-0.2, 0) is 4.79 Å². The number of nitrogens with two attached hydrogens (primary N) is 1. The Morgan fingerprint density at radius 2 is 2.05 bits per heavy atom. The third-order valence-corrected chi connectivity index (χ3v) is 4.56. The first-order chi connectivity index (χ1) is 9.18. The number of anilines is 1. The van der Waals surface area contributed by atoms with E-state index in [1.54, 1.807) is 6.20 Å². The van der Waals surface area contributed by atoms with Gasteiger partial charge in [-0.3, -0.25) is 4.79 Å². The maximum atomic E-state index is 12.6. The Kier molecular flexibility index (Phi) is 4.93. The zero-order chi connectivity index (χ0) is 13.7. The van der Waals surface area contributed by atoms with Crippen molar-refractivity contribution in [2.45, 2.75) is 38.5 Å². The molecule has 0 spiro atoms. The van der Waals surface area contributed by atoms with E-state index in [1.165, 1.54) is 12.8 Å². The number of nitrogens with zero attached hydrogens (tertiary/aromatic N) is 1. The average Bonchev–Trinajstić information content (AvgIpc) is 2.67. The Morgan fingerprint density at radius 3 is 2.63 bits per heavy atom. The molecule has 0 bridgehead atoms. The van der Waals surface area contributed by atoms with Crippen molar-refractivity contribution in [3.8, 4) is 0 Å². The van der Waals surface area contributed by atoms with Crippen molar-refractivity contribution in [3.05, 3.63) is 22.8 Å². The number of amides is 1. The van der Waals surface area contributed by atoms with Gasteiger partial charge in [0.05, 0.1) is 9.89 Å². The zero-order valence-corrected chi connectivity index (χ0v) is 12.6. The molecule has 1 aliphatic carbocycles. The van der Waals surface area contributed by atoms with Crippen LogP contribution in [0.2, 0.25) is 0 Å². The summed E-state index contributed by atoms with van der Waals surface area (Å²) in [6.45, 7) is 0.406. The maximum absolute atomic E-state index is 12.6. The molecule has 1 saturated carbocycles. The molecule has 1 amide bonds. The molecule has 5 heteroatoms. The molecule has 0 aromatic carbocycles. The van der Waals surface area contributed by atoms with Gasteiger partial charge < -0.3 is 11.1 Å². The molecule has 1 aliphatic rings. The summed E-state index contributed by atoms with van der Waals surface area (Å²) in [6, 6.07) is 3.69. The summed E-state index contributed by atoms with van der Waals surface area (Å²) in [7, 11) is 0. The van der Waals surface area contributed by atoms with Crippen LogP contribution in [0, 0.1) is 5.41 Å². The topological polar surface area (TPSA) is 68.0 Å². The first-order valence-electron chi connectivity index (χ1n) is 6.80. The number of halogens is 1. The monoisotopic (exact) mass is 325 g/mol. The van der Waals surface area contributed by atoms with Gasteiger partial charge >= 0.3 is 0 Å². The minimum absolute atomic E-state index is 0.0105. The van der Waals surface area contributed by atoms with Crippen LogP contribution in [0.25, 0.3) is 0 Å². The van der Waals surface area contributed by atoms with Crippen LogP contribution in [0.5, 0.6) is 0 Å². The van der Waals surface area contributed by atoms with E-state index < -0.39 is 5.41 Å². The number of hydrogen-bond donors (Lipinski definition) is 2. The number of rotatable bonds is 3. The molecule has 2 rings (SSSR count). The third kappa shape index (κ3) is 3.34. The Balaban J connectivity index is 2.14. The summed E-state index contributed by atoms with van der Waals surface area (Å²) in [5, 5.41) is 2.92. The normalized spacial score (nSPS) is 18.6. The molecule has 0 aliphatic heterocycles. The van der Waals surface area contributed by atoms with Crippen molar-refractivity contribution in [2.24, 2.45) is 11.1 Å². The largest absolute Gasteiger partial charge is 0.329 e. The SMILES string of the molecule is NCC1(C(=O)Nc2ncccc2Br)CCCCCC1. The molecule has 1 heterocycles. The Labute approximate surface area is 122 Å². The van der Waals surface area contributed by atoms with Crippen molar-refractivity contribution in [2.75, 3.05) is 11.9 Å². The summed E-state index contributed by atoms with van der Waals surface area (Å²) in [4.78, 5) is 16.8. The molecule has 3 N–H and O–H groups in total. The van der Waals surface area contributed by atoms with E-state index in [1.807, 2.05) is 12.1 Å². The highest BCUT2D eigenvalue weighted by Crippen LogP contribution is 2.35. The molecule has 0 unspecified atom stereocenters. The summed E-state index contributed by atoms with van der Waals surface area (Å²) in [5.74, 6) is 0.584. The van der Waals surface area contributed by atoms with Crippen LogP contribution >= 0.6 is 15.9 Å². The maximum Gasteiger partial charge on any atom is 0.233 e. The second kappa shape index (κ2) is 6.48. The number of carbonyl (C=O) groups excluding carboxylic acids is 1. The van der Waals surface area contributed by atoms with Gasteiger partial charge in [-0.25, -0.2) is 4.98 Å². The van der Waals surface area contributed by atoms with Crippen molar-refractivity contribution >= 4 is 27.7 Å². The van der Waals surface area contributed by atoms with Crippen molar-refractivity contribution in [1.82, 2.24) is 4.98 Å². The van der Waals surface area contributed by atoms with Crippen LogP contribution in [0.1, 0.15) is 38.5 Å². The number of hydrogen-bond acceptors (Lipinski definition) is 3. The number of carbonyl (C=O) groups is 1. The van der Waals surface area contributed by atoms with Crippen LogP contribution in [0.3, 0.4) is 0 Å². The van der Waals surface area contributed by atoms with Gasteiger partial charge in [0.15, 0.2) is 0 Å². The fourth-order valence-electron chi connectivity index (χ4n) is 2.65. The van der Waals surface area contributed by atoms with E-state index in [9.17, 15) is 4.79 Å². The lowest BCUT2D eigenvalue weighted by Crippen LogP contribution is -2.42. The zero-order valence-electron chi connectivity index (χ0n) is 11.0. The van der Waals surface area contributed by atoms with E-state index in [-0.39, 0.29) is 5.91 Å². The summed E-state index contributed by atoms with van der Waals surface area (Å²) in [5.41, 5.74) is 5.48. The van der Waals surface area contributed by atoms with Crippen molar-refractivity contribution in [3.63, 3.8) is 0 Å². The molecule has 19 heavy (non-hydrogen) atoms. The smallest absolute Gasteiger partial charge is 0.233 e. The quantitative estimate of drug-likeness (QED) is 0.839. The van der Waals surface area contributed by atoms with Crippen molar-refractivity contribution in [1.29, 1.82) is 0 Å². The van der Waals surface area contributed by atoms with Crippen LogP contribution in [-0.4, -0.2) is 17.4 Å². The molecule has 1 aromatic heterocycles. The van der Waals surface area contributed by atoms with Crippen LogP contribution in [0.4, 0.5) is 5.82 Å². The predicted molar refractivity (Wildman–Crippen MR) is 79.8 cm³/mol. The van der Waals surface area contributed by atoms with Crippen LogP contribution in [0.15, 0.2) is 22.8 Å². The molecule has 1 fully saturated rings. The lowest BCUT2D eigenvalue weighted by atomic mass is 9.79. The van der Waals surface area contributed by atoms with Gasteiger partial charge in [0.1, 0.15) is 5.82 Å². The van der Waals surface area contributed by atoms with Gasteiger partial charge in [-0.15, -0.1) is 0 Å².